The van der Waals surface area contributed by atoms with Gasteiger partial charge in [-0.3, -0.25) is 4.98 Å². The first kappa shape index (κ1) is 13.3. The Morgan fingerprint density at radius 2 is 2.16 bits per heavy atom. The van der Waals surface area contributed by atoms with Gasteiger partial charge in [-0.15, -0.1) is 0 Å². The van der Waals surface area contributed by atoms with E-state index in [9.17, 15) is 0 Å². The number of ether oxygens (including phenoxy) is 1. The molecule has 1 heterocycles. The number of hydrogen-bond acceptors (Lipinski definition) is 4. The molecule has 0 aliphatic carbocycles. The number of rotatable bonds is 4. The van der Waals surface area contributed by atoms with Crippen LogP contribution in [0, 0.1) is 0 Å². The molecular weight excluding hydrogens is 258 g/mol. The molecule has 1 aromatic carbocycles. The van der Waals surface area contributed by atoms with Crippen LogP contribution in [0.15, 0.2) is 42.7 Å². The molecule has 0 bridgehead atoms. The third kappa shape index (κ3) is 2.82. The first-order chi connectivity index (χ1) is 9.13. The molecule has 0 unspecified atom stereocenters. The van der Waals surface area contributed by atoms with Crippen LogP contribution in [0.3, 0.4) is 0 Å². The normalized spacial score (nSPS) is 10.0. The summed E-state index contributed by atoms with van der Waals surface area (Å²) in [6.07, 6.45) is 3.51. The van der Waals surface area contributed by atoms with Gasteiger partial charge in [-0.1, -0.05) is 12.2 Å². The summed E-state index contributed by atoms with van der Waals surface area (Å²) in [4.78, 5) is 6.44. The van der Waals surface area contributed by atoms with E-state index in [1.807, 2.05) is 42.3 Å². The highest BCUT2D eigenvalue weighted by Crippen LogP contribution is 2.30. The summed E-state index contributed by atoms with van der Waals surface area (Å²) in [5.41, 5.74) is 8.42. The molecule has 0 aliphatic rings. The second-order valence-electron chi connectivity index (χ2n) is 4.02. The minimum Gasteiger partial charge on any atom is -0.497 e. The van der Waals surface area contributed by atoms with Gasteiger partial charge in [-0.25, -0.2) is 0 Å². The van der Waals surface area contributed by atoms with Gasteiger partial charge in [0.25, 0.3) is 0 Å². The Hall–Kier alpha value is -2.14. The van der Waals surface area contributed by atoms with E-state index in [2.05, 4.69) is 4.98 Å². The first-order valence-corrected chi connectivity index (χ1v) is 6.16. The maximum atomic E-state index is 5.77. The molecule has 0 atom stereocenters. The highest BCUT2D eigenvalue weighted by Gasteiger charge is 2.12. The number of benzene rings is 1. The zero-order valence-corrected chi connectivity index (χ0v) is 11.6. The number of nitrogens with two attached hydrogens (primary N) is 1. The average molecular weight is 273 g/mol. The predicted octanol–water partition coefficient (Wildman–Crippen LogP) is 2.49. The Morgan fingerprint density at radius 3 is 2.74 bits per heavy atom. The fourth-order valence-corrected chi connectivity index (χ4v) is 1.99. The van der Waals surface area contributed by atoms with Gasteiger partial charge < -0.3 is 15.4 Å². The molecule has 0 spiro atoms. The SMILES string of the molecule is COc1ccc(C(N)=S)c(N(C)c2cccnc2)c1. The van der Waals surface area contributed by atoms with Crippen LogP contribution < -0.4 is 15.4 Å². The van der Waals surface area contributed by atoms with Crippen LogP contribution in [-0.4, -0.2) is 24.1 Å². The quantitative estimate of drug-likeness (QED) is 0.867. The molecular formula is C14H15N3OS. The van der Waals surface area contributed by atoms with Gasteiger partial charge in [0.15, 0.2) is 0 Å². The average Bonchev–Trinajstić information content (AvgIpc) is 2.46. The number of pyridine rings is 1. The zero-order valence-electron chi connectivity index (χ0n) is 10.8. The Kier molecular flexibility index (Phi) is 3.97. The van der Waals surface area contributed by atoms with E-state index in [1.165, 1.54) is 0 Å². The molecule has 4 nitrogen and oxygen atoms in total. The highest BCUT2D eigenvalue weighted by atomic mass is 32.1. The molecule has 98 valence electrons. The number of anilines is 2. The van der Waals surface area contributed by atoms with Crippen LogP contribution in [0.5, 0.6) is 5.75 Å². The molecule has 2 rings (SSSR count). The lowest BCUT2D eigenvalue weighted by Crippen LogP contribution is -2.18. The van der Waals surface area contributed by atoms with E-state index in [4.69, 9.17) is 22.7 Å². The molecule has 1 aromatic heterocycles. The first-order valence-electron chi connectivity index (χ1n) is 5.75. The van der Waals surface area contributed by atoms with Crippen molar-refractivity contribution >= 4 is 28.6 Å². The molecule has 5 heteroatoms. The minimum atomic E-state index is 0.355. The summed E-state index contributed by atoms with van der Waals surface area (Å²) < 4.78 is 5.25. The fourth-order valence-electron chi connectivity index (χ4n) is 1.82. The summed E-state index contributed by atoms with van der Waals surface area (Å²) in [6, 6.07) is 9.46. The van der Waals surface area contributed by atoms with Gasteiger partial charge in [-0.05, 0) is 24.3 Å². The lowest BCUT2D eigenvalue weighted by molar-refractivity contribution is 0.415. The van der Waals surface area contributed by atoms with Crippen LogP contribution in [0.1, 0.15) is 5.56 Å². The van der Waals surface area contributed by atoms with Gasteiger partial charge >= 0.3 is 0 Å². The van der Waals surface area contributed by atoms with E-state index in [-0.39, 0.29) is 0 Å². The molecule has 2 aromatic rings. The predicted molar refractivity (Wildman–Crippen MR) is 81.2 cm³/mol. The summed E-state index contributed by atoms with van der Waals surface area (Å²) in [5.74, 6) is 0.755. The van der Waals surface area contributed by atoms with Crippen molar-refractivity contribution in [2.24, 2.45) is 5.73 Å². The summed E-state index contributed by atoms with van der Waals surface area (Å²) >= 11 is 5.09. The zero-order chi connectivity index (χ0) is 13.8. The van der Waals surface area contributed by atoms with Crippen molar-refractivity contribution in [1.29, 1.82) is 0 Å². The smallest absolute Gasteiger partial charge is 0.120 e. The van der Waals surface area contributed by atoms with Crippen molar-refractivity contribution in [1.82, 2.24) is 4.98 Å². The molecule has 2 N–H and O–H groups in total. The number of methoxy groups -OCH3 is 1. The van der Waals surface area contributed by atoms with Gasteiger partial charge in [0.1, 0.15) is 10.7 Å². The Morgan fingerprint density at radius 1 is 1.37 bits per heavy atom. The van der Waals surface area contributed by atoms with Crippen LogP contribution in [0.25, 0.3) is 0 Å². The maximum absolute atomic E-state index is 5.77. The molecule has 0 saturated carbocycles. The summed E-state index contributed by atoms with van der Waals surface area (Å²) in [5, 5.41) is 0. The Balaban J connectivity index is 2.50. The molecule has 0 amide bonds. The monoisotopic (exact) mass is 273 g/mol. The number of thiocarbonyl (C=S) groups is 1. The molecule has 0 aliphatic heterocycles. The maximum Gasteiger partial charge on any atom is 0.120 e. The number of hydrogen-bond donors (Lipinski definition) is 1. The molecule has 19 heavy (non-hydrogen) atoms. The third-order valence-electron chi connectivity index (χ3n) is 2.86. The van der Waals surface area contributed by atoms with E-state index in [0.717, 1.165) is 22.7 Å². The van der Waals surface area contributed by atoms with Gasteiger partial charge in [0.05, 0.1) is 24.7 Å². The van der Waals surface area contributed by atoms with Crippen molar-refractivity contribution in [2.75, 3.05) is 19.1 Å². The van der Waals surface area contributed by atoms with E-state index in [1.54, 1.807) is 19.5 Å². The standard InChI is InChI=1S/C14H15N3OS/c1-17(10-4-3-7-16-9-10)13-8-11(18-2)5-6-12(13)14(15)19/h3-9H,1-2H3,(H2,15,19). The largest absolute Gasteiger partial charge is 0.497 e. The molecule has 0 fully saturated rings. The van der Waals surface area contributed by atoms with Crippen molar-refractivity contribution in [3.8, 4) is 5.75 Å². The minimum absolute atomic E-state index is 0.355. The fraction of sp³-hybridized carbons (Fsp3) is 0.143. The summed E-state index contributed by atoms with van der Waals surface area (Å²) in [6.45, 7) is 0. The van der Waals surface area contributed by atoms with Crippen molar-refractivity contribution in [3.63, 3.8) is 0 Å². The van der Waals surface area contributed by atoms with Gasteiger partial charge in [-0.2, -0.15) is 0 Å². The van der Waals surface area contributed by atoms with Crippen molar-refractivity contribution < 1.29 is 4.74 Å². The Labute approximate surface area is 117 Å². The van der Waals surface area contributed by atoms with Crippen molar-refractivity contribution in [2.45, 2.75) is 0 Å². The third-order valence-corrected chi connectivity index (χ3v) is 3.08. The van der Waals surface area contributed by atoms with Crippen LogP contribution in [-0.2, 0) is 0 Å². The van der Waals surface area contributed by atoms with Crippen molar-refractivity contribution in [3.05, 3.63) is 48.3 Å². The highest BCUT2D eigenvalue weighted by molar-refractivity contribution is 7.80. The molecule has 0 saturated heterocycles. The van der Waals surface area contributed by atoms with Crippen LogP contribution in [0.4, 0.5) is 11.4 Å². The number of aromatic nitrogens is 1. The second kappa shape index (κ2) is 5.67. The van der Waals surface area contributed by atoms with Crippen LogP contribution >= 0.6 is 12.2 Å². The molecule has 0 radical (unpaired) electrons. The van der Waals surface area contributed by atoms with E-state index >= 15 is 0 Å². The van der Waals surface area contributed by atoms with E-state index < -0.39 is 0 Å². The summed E-state index contributed by atoms with van der Waals surface area (Å²) in [7, 11) is 3.57. The number of nitrogens with zero attached hydrogens (tertiary/aromatic N) is 2. The van der Waals surface area contributed by atoms with Gasteiger partial charge in [0, 0.05) is 24.9 Å². The second-order valence-corrected chi connectivity index (χ2v) is 4.46. The van der Waals surface area contributed by atoms with Crippen LogP contribution in [0.2, 0.25) is 0 Å². The lowest BCUT2D eigenvalue weighted by atomic mass is 10.1. The Bertz CT molecular complexity index is 586. The lowest BCUT2D eigenvalue weighted by Gasteiger charge is -2.22. The van der Waals surface area contributed by atoms with Gasteiger partial charge in [0.2, 0.25) is 0 Å². The van der Waals surface area contributed by atoms with E-state index in [0.29, 0.717) is 4.99 Å². The topological polar surface area (TPSA) is 51.4 Å².